The van der Waals surface area contributed by atoms with E-state index in [1.54, 1.807) is 25.4 Å². The van der Waals surface area contributed by atoms with Gasteiger partial charge in [-0.05, 0) is 50.3 Å². The van der Waals surface area contributed by atoms with Crippen molar-refractivity contribution in [1.29, 1.82) is 0 Å². The van der Waals surface area contributed by atoms with Crippen LogP contribution in [0.1, 0.15) is 50.1 Å². The molecule has 1 aliphatic rings. The monoisotopic (exact) mass is 356 g/mol. The van der Waals surface area contributed by atoms with Crippen LogP contribution in [0.4, 0.5) is 13.2 Å². The number of halogens is 3. The Morgan fingerprint density at radius 3 is 2.60 bits per heavy atom. The van der Waals surface area contributed by atoms with Crippen LogP contribution < -0.4 is 0 Å². The number of rotatable bonds is 4. The van der Waals surface area contributed by atoms with E-state index in [9.17, 15) is 18.0 Å². The van der Waals surface area contributed by atoms with Crippen molar-refractivity contribution in [3.8, 4) is 0 Å². The maximum absolute atomic E-state index is 12.3. The molecule has 0 spiro atoms. The zero-order valence-corrected chi connectivity index (χ0v) is 13.7. The lowest BCUT2D eigenvalue weighted by atomic mass is 9.92. The van der Waals surface area contributed by atoms with Crippen molar-refractivity contribution in [3.63, 3.8) is 0 Å². The van der Waals surface area contributed by atoms with Crippen molar-refractivity contribution in [2.45, 2.75) is 57.0 Å². The summed E-state index contributed by atoms with van der Waals surface area (Å²) in [7, 11) is 0. The number of fused-ring (bicyclic) bond motifs is 1. The zero-order valence-electron chi connectivity index (χ0n) is 13.7. The highest BCUT2D eigenvalue weighted by atomic mass is 19.4. The molecule has 1 aliphatic carbocycles. The van der Waals surface area contributed by atoms with Gasteiger partial charge < -0.3 is 9.67 Å². The van der Waals surface area contributed by atoms with Gasteiger partial charge in [0.2, 0.25) is 0 Å². The molecule has 1 atom stereocenters. The highest BCUT2D eigenvalue weighted by Crippen LogP contribution is 2.35. The Balaban J connectivity index is 1.74. The van der Waals surface area contributed by atoms with E-state index < -0.39 is 24.4 Å². The van der Waals surface area contributed by atoms with Crippen LogP contribution in [0.3, 0.4) is 0 Å². The number of benzene rings is 1. The fraction of sp³-hybridized carbons (Fsp3) is 0.529. The van der Waals surface area contributed by atoms with Gasteiger partial charge in [0.25, 0.3) is 0 Å². The topological polar surface area (TPSA) is 64.3 Å². The van der Waals surface area contributed by atoms with Gasteiger partial charge in [-0.1, -0.05) is 6.07 Å². The molecular weight excluding hydrogens is 337 g/mol. The Morgan fingerprint density at radius 1 is 1.32 bits per heavy atom. The van der Waals surface area contributed by atoms with Crippen LogP contribution in [0.2, 0.25) is 0 Å². The molecule has 5 nitrogen and oxygen atoms in total. The fourth-order valence-electron chi connectivity index (χ4n) is 3.38. The summed E-state index contributed by atoms with van der Waals surface area (Å²) in [6.45, 7) is 1.61. The number of hydrogen-bond acceptors (Lipinski definition) is 3. The molecule has 1 heterocycles. The van der Waals surface area contributed by atoms with Crippen LogP contribution in [0, 0.1) is 0 Å². The lowest BCUT2D eigenvalue weighted by molar-refractivity contribution is -0.345. The maximum Gasteiger partial charge on any atom is 0.522 e. The molecule has 8 heteroatoms. The lowest BCUT2D eigenvalue weighted by Crippen LogP contribution is -2.28. The maximum atomic E-state index is 12.3. The Hall–Kier alpha value is -2.09. The molecule has 1 fully saturated rings. The average Bonchev–Trinajstić information content (AvgIpc) is 2.96. The highest BCUT2D eigenvalue weighted by Gasteiger charge is 2.35. The van der Waals surface area contributed by atoms with Gasteiger partial charge in [0.15, 0.2) is 0 Å². The van der Waals surface area contributed by atoms with E-state index in [1.807, 2.05) is 10.6 Å². The molecule has 1 unspecified atom stereocenters. The summed E-state index contributed by atoms with van der Waals surface area (Å²) in [5.41, 5.74) is 2.23. The second-order valence-corrected chi connectivity index (χ2v) is 6.45. The Kier molecular flexibility index (Phi) is 4.73. The molecule has 0 aliphatic heterocycles. The number of carboxylic acids is 1. The SMILES string of the molecule is CC(C(=O)O)c1ccc2c(c1)ncn2C1CCC(OC(F)(F)F)CC1. The highest BCUT2D eigenvalue weighted by molar-refractivity contribution is 5.81. The summed E-state index contributed by atoms with van der Waals surface area (Å²) in [5, 5.41) is 9.10. The van der Waals surface area contributed by atoms with E-state index in [0.717, 1.165) is 5.52 Å². The first kappa shape index (κ1) is 17.7. The van der Waals surface area contributed by atoms with E-state index in [2.05, 4.69) is 9.72 Å². The average molecular weight is 356 g/mol. The number of hydrogen-bond donors (Lipinski definition) is 1. The second kappa shape index (κ2) is 6.67. The van der Waals surface area contributed by atoms with Crippen LogP contribution in [0.15, 0.2) is 24.5 Å². The molecule has 2 aromatic rings. The van der Waals surface area contributed by atoms with Crippen molar-refractivity contribution in [2.24, 2.45) is 0 Å². The first-order valence-corrected chi connectivity index (χ1v) is 8.18. The van der Waals surface area contributed by atoms with Crippen LogP contribution >= 0.6 is 0 Å². The number of carboxylic acid groups (broad SMARTS) is 1. The Labute approximate surface area is 142 Å². The van der Waals surface area contributed by atoms with Crippen LogP contribution in [-0.2, 0) is 9.53 Å². The number of nitrogens with zero attached hydrogens (tertiary/aromatic N) is 2. The van der Waals surface area contributed by atoms with Crippen molar-refractivity contribution >= 4 is 17.0 Å². The molecule has 1 N–H and O–H groups in total. The second-order valence-electron chi connectivity index (χ2n) is 6.45. The molecule has 0 radical (unpaired) electrons. The van der Waals surface area contributed by atoms with Crippen molar-refractivity contribution in [3.05, 3.63) is 30.1 Å². The summed E-state index contributed by atoms with van der Waals surface area (Å²) in [4.78, 5) is 15.4. The standard InChI is InChI=1S/C17H19F3N2O3/c1-10(16(23)24)11-2-7-15-14(8-11)21-9-22(15)12-3-5-13(6-4-12)25-17(18,19)20/h2,7-10,12-13H,3-6H2,1H3,(H,23,24). The molecule has 3 rings (SSSR count). The number of aromatic nitrogens is 2. The summed E-state index contributed by atoms with van der Waals surface area (Å²) in [6, 6.07) is 5.41. The Bertz CT molecular complexity index is 764. The van der Waals surface area contributed by atoms with E-state index in [4.69, 9.17) is 5.11 Å². The number of imidazole rings is 1. The molecule has 1 aromatic heterocycles. The predicted octanol–water partition coefficient (Wildman–Crippen LogP) is 4.24. The van der Waals surface area contributed by atoms with Crippen LogP contribution in [-0.4, -0.2) is 33.1 Å². The van der Waals surface area contributed by atoms with Gasteiger partial charge >= 0.3 is 12.3 Å². The number of ether oxygens (including phenoxy) is 1. The van der Waals surface area contributed by atoms with Crippen molar-refractivity contribution in [1.82, 2.24) is 9.55 Å². The van der Waals surface area contributed by atoms with Gasteiger partial charge in [-0.15, -0.1) is 13.2 Å². The minimum Gasteiger partial charge on any atom is -0.481 e. The molecule has 25 heavy (non-hydrogen) atoms. The van der Waals surface area contributed by atoms with Gasteiger partial charge in [-0.2, -0.15) is 0 Å². The van der Waals surface area contributed by atoms with Crippen molar-refractivity contribution in [2.75, 3.05) is 0 Å². The van der Waals surface area contributed by atoms with Crippen LogP contribution in [0.25, 0.3) is 11.0 Å². The van der Waals surface area contributed by atoms with Crippen molar-refractivity contribution < 1.29 is 27.8 Å². The van der Waals surface area contributed by atoms with Crippen LogP contribution in [0.5, 0.6) is 0 Å². The normalized spacial score (nSPS) is 22.9. The zero-order chi connectivity index (χ0) is 18.2. The largest absolute Gasteiger partial charge is 0.522 e. The third-order valence-electron chi connectivity index (χ3n) is 4.81. The summed E-state index contributed by atoms with van der Waals surface area (Å²) < 4.78 is 43.0. The molecule has 1 aromatic carbocycles. The van der Waals surface area contributed by atoms with Gasteiger partial charge in [0.05, 0.1) is 29.4 Å². The molecule has 1 saturated carbocycles. The van der Waals surface area contributed by atoms with Gasteiger partial charge in [0.1, 0.15) is 0 Å². The quantitative estimate of drug-likeness (QED) is 0.890. The number of carbonyl (C=O) groups is 1. The number of aliphatic carboxylic acids is 1. The fourth-order valence-corrected chi connectivity index (χ4v) is 3.38. The van der Waals surface area contributed by atoms with E-state index >= 15 is 0 Å². The summed E-state index contributed by atoms with van der Waals surface area (Å²) in [6.07, 6.45) is -1.84. The first-order valence-electron chi connectivity index (χ1n) is 8.18. The lowest BCUT2D eigenvalue weighted by Gasteiger charge is -2.30. The molecule has 0 saturated heterocycles. The van der Waals surface area contributed by atoms with E-state index in [0.29, 0.717) is 36.8 Å². The predicted molar refractivity (Wildman–Crippen MR) is 84.2 cm³/mol. The smallest absolute Gasteiger partial charge is 0.481 e. The molecule has 0 amide bonds. The minimum atomic E-state index is -4.59. The summed E-state index contributed by atoms with van der Waals surface area (Å²) >= 11 is 0. The summed E-state index contributed by atoms with van der Waals surface area (Å²) in [5.74, 6) is -1.52. The van der Waals surface area contributed by atoms with Gasteiger partial charge in [0, 0.05) is 6.04 Å². The minimum absolute atomic E-state index is 0.0702. The third kappa shape index (κ3) is 3.95. The third-order valence-corrected chi connectivity index (χ3v) is 4.81. The molecule has 0 bridgehead atoms. The van der Waals surface area contributed by atoms with Gasteiger partial charge in [-0.25, -0.2) is 4.98 Å². The van der Waals surface area contributed by atoms with Gasteiger partial charge in [-0.3, -0.25) is 9.53 Å². The molecular formula is C17H19F3N2O3. The number of alkyl halides is 3. The van der Waals surface area contributed by atoms with E-state index in [1.165, 1.54) is 0 Å². The first-order chi connectivity index (χ1) is 11.7. The van der Waals surface area contributed by atoms with E-state index in [-0.39, 0.29) is 6.04 Å². The molecule has 136 valence electrons. The Morgan fingerprint density at radius 2 is 2.00 bits per heavy atom.